The van der Waals surface area contributed by atoms with Crippen LogP contribution >= 0.6 is 11.6 Å². The summed E-state index contributed by atoms with van der Waals surface area (Å²) in [6.07, 6.45) is 1.29. The smallest absolute Gasteiger partial charge is 0.0748 e. The highest BCUT2D eigenvalue weighted by Gasteiger charge is 1.92. The highest BCUT2D eigenvalue weighted by Crippen LogP contribution is 2.11. The molecule has 0 radical (unpaired) electrons. The molecule has 52 valence electrons. The molecule has 0 spiro atoms. The van der Waals surface area contributed by atoms with E-state index in [9.17, 15) is 0 Å². The van der Waals surface area contributed by atoms with Gasteiger partial charge in [0.2, 0.25) is 0 Å². The lowest BCUT2D eigenvalue weighted by Gasteiger charge is -1.92. The second-order valence-corrected chi connectivity index (χ2v) is 2.17. The molecule has 0 aliphatic rings. The predicted molar refractivity (Wildman–Crippen MR) is 40.8 cm³/mol. The molecule has 0 saturated carbocycles. The van der Waals surface area contributed by atoms with Gasteiger partial charge in [0, 0.05) is 10.6 Å². The maximum Gasteiger partial charge on any atom is 0.0748 e. The third kappa shape index (κ3) is 1.48. The number of oxime groups is 1. The SMILES string of the molecule is O/N=C\c1ccccc1Cl. The van der Waals surface area contributed by atoms with Gasteiger partial charge in [0.25, 0.3) is 0 Å². The Kier molecular flexibility index (Phi) is 2.29. The first-order valence-corrected chi connectivity index (χ1v) is 3.14. The van der Waals surface area contributed by atoms with Gasteiger partial charge in [-0.15, -0.1) is 0 Å². The molecule has 0 aliphatic heterocycles. The minimum Gasteiger partial charge on any atom is -0.411 e. The molecule has 0 saturated heterocycles. The van der Waals surface area contributed by atoms with Gasteiger partial charge >= 0.3 is 0 Å². The Labute approximate surface area is 63.7 Å². The Bertz CT molecular complexity index is 247. The molecule has 1 N–H and O–H groups in total. The van der Waals surface area contributed by atoms with Gasteiger partial charge in [-0.05, 0) is 6.07 Å². The first kappa shape index (κ1) is 7.09. The molecule has 0 aromatic heterocycles. The molecule has 0 amide bonds. The Morgan fingerprint density at radius 3 is 2.70 bits per heavy atom. The molecule has 1 aromatic carbocycles. The van der Waals surface area contributed by atoms with Crippen LogP contribution < -0.4 is 0 Å². The molecule has 1 aromatic rings. The van der Waals surface area contributed by atoms with E-state index < -0.39 is 0 Å². The van der Waals surface area contributed by atoms with Crippen LogP contribution in [0.4, 0.5) is 0 Å². The molecule has 0 heterocycles. The topological polar surface area (TPSA) is 32.6 Å². The summed E-state index contributed by atoms with van der Waals surface area (Å²) in [6.45, 7) is 0. The molecular weight excluding hydrogens is 150 g/mol. The van der Waals surface area contributed by atoms with Gasteiger partial charge in [-0.2, -0.15) is 0 Å². The molecule has 0 unspecified atom stereocenters. The molecular formula is C7H6ClNO. The summed E-state index contributed by atoms with van der Waals surface area (Å²) < 4.78 is 0. The van der Waals surface area contributed by atoms with E-state index in [0.29, 0.717) is 10.6 Å². The fraction of sp³-hybridized carbons (Fsp3) is 0. The van der Waals surface area contributed by atoms with Crippen LogP contribution in [0.1, 0.15) is 5.56 Å². The van der Waals surface area contributed by atoms with Crippen molar-refractivity contribution in [3.05, 3.63) is 34.9 Å². The van der Waals surface area contributed by atoms with E-state index >= 15 is 0 Å². The van der Waals surface area contributed by atoms with Crippen molar-refractivity contribution in [1.82, 2.24) is 0 Å². The highest BCUT2D eigenvalue weighted by molar-refractivity contribution is 6.33. The van der Waals surface area contributed by atoms with E-state index in [1.54, 1.807) is 12.1 Å². The average molecular weight is 156 g/mol. The van der Waals surface area contributed by atoms with Crippen LogP contribution in [0.25, 0.3) is 0 Å². The lowest BCUT2D eigenvalue weighted by Crippen LogP contribution is -1.80. The molecule has 2 nitrogen and oxygen atoms in total. The second kappa shape index (κ2) is 3.22. The molecule has 1 rings (SSSR count). The van der Waals surface area contributed by atoms with Gasteiger partial charge in [-0.3, -0.25) is 0 Å². The van der Waals surface area contributed by atoms with Crippen LogP contribution in [-0.4, -0.2) is 11.4 Å². The molecule has 0 atom stereocenters. The van der Waals surface area contributed by atoms with Crippen molar-refractivity contribution in [2.45, 2.75) is 0 Å². The summed E-state index contributed by atoms with van der Waals surface area (Å²) in [5, 5.41) is 11.6. The van der Waals surface area contributed by atoms with E-state index in [1.165, 1.54) is 6.21 Å². The number of nitrogens with zero attached hydrogens (tertiary/aromatic N) is 1. The lowest BCUT2D eigenvalue weighted by molar-refractivity contribution is 0.322. The van der Waals surface area contributed by atoms with Crippen molar-refractivity contribution < 1.29 is 5.21 Å². The first-order chi connectivity index (χ1) is 4.84. The van der Waals surface area contributed by atoms with Crippen LogP contribution in [0, 0.1) is 0 Å². The van der Waals surface area contributed by atoms with Crippen LogP contribution in [0.5, 0.6) is 0 Å². The predicted octanol–water partition coefficient (Wildman–Crippen LogP) is 2.15. The summed E-state index contributed by atoms with van der Waals surface area (Å²) in [5.41, 5.74) is 0.715. The van der Waals surface area contributed by atoms with E-state index in [4.69, 9.17) is 16.8 Å². The number of rotatable bonds is 1. The Balaban J connectivity index is 3.03. The third-order valence-electron chi connectivity index (χ3n) is 1.10. The van der Waals surface area contributed by atoms with Crippen LogP contribution in [0.2, 0.25) is 5.02 Å². The van der Waals surface area contributed by atoms with E-state index in [2.05, 4.69) is 5.16 Å². The fourth-order valence-corrected chi connectivity index (χ4v) is 0.827. The first-order valence-electron chi connectivity index (χ1n) is 2.76. The van der Waals surface area contributed by atoms with Crippen molar-refractivity contribution >= 4 is 17.8 Å². The zero-order valence-electron chi connectivity index (χ0n) is 5.16. The van der Waals surface area contributed by atoms with Crippen molar-refractivity contribution in [2.75, 3.05) is 0 Å². The highest BCUT2D eigenvalue weighted by atomic mass is 35.5. The molecule has 0 aliphatic carbocycles. The van der Waals surface area contributed by atoms with Gasteiger partial charge < -0.3 is 5.21 Å². The number of hydrogen-bond acceptors (Lipinski definition) is 2. The van der Waals surface area contributed by atoms with Gasteiger partial charge in [0.15, 0.2) is 0 Å². The standard InChI is InChI=1S/C7H6ClNO/c8-7-4-2-1-3-6(7)5-9-10/h1-5,10H/b9-5-. The lowest BCUT2D eigenvalue weighted by atomic mass is 10.2. The quantitative estimate of drug-likeness (QED) is 0.376. The van der Waals surface area contributed by atoms with Crippen molar-refractivity contribution in [2.24, 2.45) is 5.16 Å². The molecule has 0 fully saturated rings. The zero-order valence-corrected chi connectivity index (χ0v) is 5.92. The molecule has 0 bridgehead atoms. The summed E-state index contributed by atoms with van der Waals surface area (Å²) in [7, 11) is 0. The van der Waals surface area contributed by atoms with E-state index in [0.717, 1.165) is 0 Å². The Hall–Kier alpha value is -1.02. The normalized spacial score (nSPS) is 10.5. The third-order valence-corrected chi connectivity index (χ3v) is 1.45. The van der Waals surface area contributed by atoms with E-state index in [1.807, 2.05) is 12.1 Å². The minimum absolute atomic E-state index is 0.584. The van der Waals surface area contributed by atoms with Gasteiger partial charge in [-0.25, -0.2) is 0 Å². The second-order valence-electron chi connectivity index (χ2n) is 1.77. The summed E-state index contributed by atoms with van der Waals surface area (Å²) in [6, 6.07) is 7.14. The minimum atomic E-state index is 0.584. The zero-order chi connectivity index (χ0) is 7.40. The number of halogens is 1. The maximum atomic E-state index is 8.15. The van der Waals surface area contributed by atoms with Crippen LogP contribution in [0.3, 0.4) is 0 Å². The summed E-state index contributed by atoms with van der Waals surface area (Å²) >= 11 is 5.70. The largest absolute Gasteiger partial charge is 0.411 e. The van der Waals surface area contributed by atoms with E-state index in [-0.39, 0.29) is 0 Å². The monoisotopic (exact) mass is 155 g/mol. The van der Waals surface area contributed by atoms with Gasteiger partial charge in [0.1, 0.15) is 0 Å². The number of hydrogen-bond donors (Lipinski definition) is 1. The Morgan fingerprint density at radius 2 is 2.10 bits per heavy atom. The average Bonchev–Trinajstić information content (AvgIpc) is 1.94. The van der Waals surface area contributed by atoms with Crippen molar-refractivity contribution in [1.29, 1.82) is 0 Å². The van der Waals surface area contributed by atoms with Crippen molar-refractivity contribution in [3.8, 4) is 0 Å². The van der Waals surface area contributed by atoms with Crippen molar-refractivity contribution in [3.63, 3.8) is 0 Å². The summed E-state index contributed by atoms with van der Waals surface area (Å²) in [5.74, 6) is 0. The molecule has 10 heavy (non-hydrogen) atoms. The van der Waals surface area contributed by atoms with Gasteiger partial charge in [0.05, 0.1) is 6.21 Å². The Morgan fingerprint density at radius 1 is 1.40 bits per heavy atom. The fourth-order valence-electron chi connectivity index (χ4n) is 0.642. The maximum absolute atomic E-state index is 8.15. The van der Waals surface area contributed by atoms with Crippen LogP contribution in [0.15, 0.2) is 29.4 Å². The van der Waals surface area contributed by atoms with Crippen LogP contribution in [-0.2, 0) is 0 Å². The molecule has 3 heteroatoms. The summed E-state index contributed by atoms with van der Waals surface area (Å²) in [4.78, 5) is 0. The number of benzene rings is 1. The van der Waals surface area contributed by atoms with Gasteiger partial charge in [-0.1, -0.05) is 35.0 Å².